The molecule has 0 aromatic rings. The largest absolute Gasteiger partial charge is 0.316 e. The van der Waals surface area contributed by atoms with Gasteiger partial charge in [0.05, 0.1) is 5.75 Å². The van der Waals surface area contributed by atoms with E-state index in [9.17, 15) is 8.42 Å². The fourth-order valence-electron chi connectivity index (χ4n) is 2.21. The SMILES string of the molecule is CN1CCC(NS(=O)(=O)CC2CNC2)CC1. The van der Waals surface area contributed by atoms with E-state index in [-0.39, 0.29) is 11.8 Å². The van der Waals surface area contributed by atoms with Crippen molar-refractivity contribution in [1.82, 2.24) is 14.9 Å². The van der Waals surface area contributed by atoms with Crippen LogP contribution in [0.5, 0.6) is 0 Å². The van der Waals surface area contributed by atoms with E-state index in [1.54, 1.807) is 0 Å². The normalized spacial score (nSPS) is 25.6. The maximum Gasteiger partial charge on any atom is 0.212 e. The second kappa shape index (κ2) is 5.00. The van der Waals surface area contributed by atoms with Crippen molar-refractivity contribution >= 4 is 10.0 Å². The highest BCUT2D eigenvalue weighted by atomic mass is 32.2. The average molecular weight is 247 g/mol. The van der Waals surface area contributed by atoms with Crippen molar-refractivity contribution in [2.75, 3.05) is 39.0 Å². The summed E-state index contributed by atoms with van der Waals surface area (Å²) in [5, 5.41) is 3.09. The van der Waals surface area contributed by atoms with E-state index in [2.05, 4.69) is 22.0 Å². The predicted molar refractivity (Wildman–Crippen MR) is 63.8 cm³/mol. The van der Waals surface area contributed by atoms with Crippen LogP contribution in [0, 0.1) is 5.92 Å². The number of hydrogen-bond donors (Lipinski definition) is 2. The molecule has 2 aliphatic rings. The van der Waals surface area contributed by atoms with Gasteiger partial charge in [-0.25, -0.2) is 13.1 Å². The van der Waals surface area contributed by atoms with Crippen molar-refractivity contribution in [2.24, 2.45) is 5.92 Å². The summed E-state index contributed by atoms with van der Waals surface area (Å²) in [6.07, 6.45) is 1.86. The number of nitrogens with one attached hydrogen (secondary N) is 2. The van der Waals surface area contributed by atoms with Crippen molar-refractivity contribution in [3.63, 3.8) is 0 Å². The Hall–Kier alpha value is -0.170. The molecule has 0 saturated carbocycles. The van der Waals surface area contributed by atoms with Gasteiger partial charge in [-0.1, -0.05) is 0 Å². The lowest BCUT2D eigenvalue weighted by molar-refractivity contribution is 0.247. The van der Waals surface area contributed by atoms with Crippen LogP contribution in [0.4, 0.5) is 0 Å². The molecule has 2 rings (SSSR count). The maximum atomic E-state index is 11.8. The molecule has 0 atom stereocenters. The van der Waals surface area contributed by atoms with Crippen LogP contribution in [0.2, 0.25) is 0 Å². The third-order valence-electron chi connectivity index (χ3n) is 3.39. The van der Waals surface area contributed by atoms with Crippen LogP contribution in [0.25, 0.3) is 0 Å². The molecule has 0 aliphatic carbocycles. The molecule has 2 fully saturated rings. The maximum absolute atomic E-state index is 11.8. The Morgan fingerprint density at radius 3 is 2.44 bits per heavy atom. The van der Waals surface area contributed by atoms with E-state index in [1.807, 2.05) is 0 Å². The number of sulfonamides is 1. The summed E-state index contributed by atoms with van der Waals surface area (Å²) in [5.74, 6) is 0.593. The van der Waals surface area contributed by atoms with E-state index < -0.39 is 10.0 Å². The van der Waals surface area contributed by atoms with Gasteiger partial charge in [0.15, 0.2) is 0 Å². The van der Waals surface area contributed by atoms with Gasteiger partial charge < -0.3 is 10.2 Å². The monoisotopic (exact) mass is 247 g/mol. The summed E-state index contributed by atoms with van der Waals surface area (Å²) in [6.45, 7) is 3.65. The highest BCUT2D eigenvalue weighted by molar-refractivity contribution is 7.89. The van der Waals surface area contributed by atoms with E-state index in [4.69, 9.17) is 0 Å². The van der Waals surface area contributed by atoms with Crippen molar-refractivity contribution in [1.29, 1.82) is 0 Å². The first kappa shape index (κ1) is 12.3. The smallest absolute Gasteiger partial charge is 0.212 e. The topological polar surface area (TPSA) is 61.4 Å². The average Bonchev–Trinajstić information content (AvgIpc) is 2.16. The molecule has 0 amide bonds. The minimum Gasteiger partial charge on any atom is -0.316 e. The Morgan fingerprint density at radius 2 is 1.94 bits per heavy atom. The third kappa shape index (κ3) is 3.41. The van der Waals surface area contributed by atoms with Crippen LogP contribution < -0.4 is 10.0 Å². The minimum absolute atomic E-state index is 0.147. The molecule has 16 heavy (non-hydrogen) atoms. The molecule has 5 nitrogen and oxygen atoms in total. The zero-order valence-electron chi connectivity index (χ0n) is 9.78. The lowest BCUT2D eigenvalue weighted by atomic mass is 10.1. The second-order valence-corrected chi connectivity index (χ2v) is 6.80. The Bertz CT molecular complexity index is 319. The molecule has 2 saturated heterocycles. The molecule has 6 heteroatoms. The molecule has 2 aliphatic heterocycles. The molecular weight excluding hydrogens is 226 g/mol. The van der Waals surface area contributed by atoms with Crippen molar-refractivity contribution in [3.8, 4) is 0 Å². The fraction of sp³-hybridized carbons (Fsp3) is 1.00. The molecule has 0 bridgehead atoms. The summed E-state index contributed by atoms with van der Waals surface area (Å²) in [7, 11) is -0.993. The molecule has 94 valence electrons. The molecule has 0 spiro atoms. The zero-order chi connectivity index (χ0) is 11.6. The van der Waals surface area contributed by atoms with Gasteiger partial charge in [0, 0.05) is 19.1 Å². The second-order valence-electron chi connectivity index (χ2n) is 5.00. The Morgan fingerprint density at radius 1 is 1.31 bits per heavy atom. The molecular formula is C10H21N3O2S. The van der Waals surface area contributed by atoms with Gasteiger partial charge in [0.1, 0.15) is 0 Å². The van der Waals surface area contributed by atoms with Gasteiger partial charge in [-0.3, -0.25) is 0 Å². The summed E-state index contributed by atoms with van der Waals surface area (Å²) in [5.41, 5.74) is 0. The zero-order valence-corrected chi connectivity index (χ0v) is 10.6. The number of hydrogen-bond acceptors (Lipinski definition) is 4. The summed E-state index contributed by atoms with van der Waals surface area (Å²) in [4.78, 5) is 2.24. The van der Waals surface area contributed by atoms with Crippen molar-refractivity contribution < 1.29 is 8.42 Å². The van der Waals surface area contributed by atoms with Gasteiger partial charge in [0.25, 0.3) is 0 Å². The molecule has 0 aromatic carbocycles. The number of rotatable bonds is 4. The van der Waals surface area contributed by atoms with Gasteiger partial charge in [0.2, 0.25) is 10.0 Å². The van der Waals surface area contributed by atoms with Gasteiger partial charge in [-0.05, 0) is 38.9 Å². The summed E-state index contributed by atoms with van der Waals surface area (Å²) >= 11 is 0. The van der Waals surface area contributed by atoms with Gasteiger partial charge in [-0.15, -0.1) is 0 Å². The summed E-state index contributed by atoms with van der Waals surface area (Å²) < 4.78 is 26.5. The van der Waals surface area contributed by atoms with E-state index >= 15 is 0 Å². The number of nitrogens with zero attached hydrogens (tertiary/aromatic N) is 1. The van der Waals surface area contributed by atoms with Crippen LogP contribution in [0.15, 0.2) is 0 Å². The van der Waals surface area contributed by atoms with Crippen LogP contribution in [0.3, 0.4) is 0 Å². The highest BCUT2D eigenvalue weighted by Crippen LogP contribution is 2.11. The first-order valence-corrected chi connectivity index (χ1v) is 7.60. The van der Waals surface area contributed by atoms with Crippen molar-refractivity contribution in [3.05, 3.63) is 0 Å². The molecule has 0 radical (unpaired) electrons. The first-order chi connectivity index (χ1) is 7.55. The molecule has 0 aromatic heterocycles. The highest BCUT2D eigenvalue weighted by Gasteiger charge is 2.27. The van der Waals surface area contributed by atoms with Crippen molar-refractivity contribution in [2.45, 2.75) is 18.9 Å². The number of piperidine rings is 1. The Labute approximate surface area is 97.6 Å². The van der Waals surface area contributed by atoms with Crippen LogP contribution in [-0.4, -0.2) is 58.3 Å². The van der Waals surface area contributed by atoms with Crippen LogP contribution >= 0.6 is 0 Å². The quantitative estimate of drug-likeness (QED) is 0.684. The fourth-order valence-corrected chi connectivity index (χ4v) is 3.90. The third-order valence-corrected chi connectivity index (χ3v) is 4.99. The molecule has 2 heterocycles. The van der Waals surface area contributed by atoms with Crippen LogP contribution in [-0.2, 0) is 10.0 Å². The summed E-state index contributed by atoms with van der Waals surface area (Å²) in [6, 6.07) is 0.147. The van der Waals surface area contributed by atoms with E-state index in [0.717, 1.165) is 39.0 Å². The standard InChI is InChI=1S/C10H21N3O2S/c1-13-4-2-10(3-5-13)12-16(14,15)8-9-6-11-7-9/h9-12H,2-8H2,1H3. The predicted octanol–water partition coefficient (Wildman–Crippen LogP) is -0.781. The minimum atomic E-state index is -3.07. The van der Waals surface area contributed by atoms with E-state index in [1.165, 1.54) is 0 Å². The lowest BCUT2D eigenvalue weighted by Gasteiger charge is -2.31. The first-order valence-electron chi connectivity index (χ1n) is 5.94. The number of likely N-dealkylation sites (tertiary alicyclic amines) is 1. The molecule has 2 N–H and O–H groups in total. The molecule has 0 unspecified atom stereocenters. The van der Waals surface area contributed by atoms with E-state index in [0.29, 0.717) is 5.92 Å². The van der Waals surface area contributed by atoms with Crippen LogP contribution in [0.1, 0.15) is 12.8 Å². The van der Waals surface area contributed by atoms with Gasteiger partial charge >= 0.3 is 0 Å². The Balaban J connectivity index is 1.78. The van der Waals surface area contributed by atoms with Gasteiger partial charge in [-0.2, -0.15) is 0 Å². The lowest BCUT2D eigenvalue weighted by Crippen LogP contribution is -2.50. The Kier molecular flexibility index (Phi) is 3.84.